The zero-order valence-corrected chi connectivity index (χ0v) is 11.7. The second kappa shape index (κ2) is 4.20. The normalized spacial score (nSPS) is 25.1. The van der Waals surface area contributed by atoms with Crippen LogP contribution >= 0.6 is 0 Å². The Bertz CT molecular complexity index is 600. The number of nitrogens with zero attached hydrogens (tertiary/aromatic N) is 2. The Morgan fingerprint density at radius 3 is 2.58 bits per heavy atom. The van der Waals surface area contributed by atoms with Crippen molar-refractivity contribution >= 4 is 0 Å². The monoisotopic (exact) mass is 256 g/mol. The van der Waals surface area contributed by atoms with Gasteiger partial charge in [0.05, 0.1) is 18.5 Å². The maximum Gasteiger partial charge on any atom is 0.0954 e. The zero-order valence-electron chi connectivity index (χ0n) is 11.7. The van der Waals surface area contributed by atoms with Crippen LogP contribution in [0, 0.1) is 12.3 Å². The van der Waals surface area contributed by atoms with Gasteiger partial charge in [0.15, 0.2) is 0 Å². The average molecular weight is 256 g/mol. The fraction of sp³-hybridized carbons (Fsp3) is 0.438. The van der Waals surface area contributed by atoms with Gasteiger partial charge < -0.3 is 9.67 Å². The molecule has 1 aromatic carbocycles. The fourth-order valence-corrected chi connectivity index (χ4v) is 3.37. The molecule has 2 aromatic rings. The summed E-state index contributed by atoms with van der Waals surface area (Å²) in [6.45, 7) is 6.52. The predicted octanol–water partition coefficient (Wildman–Crippen LogP) is 3.24. The van der Waals surface area contributed by atoms with Crippen LogP contribution in [0.4, 0.5) is 0 Å². The molecule has 0 spiro atoms. The first-order valence-electron chi connectivity index (χ1n) is 6.76. The Hall–Kier alpha value is -1.61. The van der Waals surface area contributed by atoms with E-state index >= 15 is 0 Å². The minimum atomic E-state index is -0.369. The highest BCUT2D eigenvalue weighted by molar-refractivity contribution is 5.37. The molecule has 0 saturated heterocycles. The highest BCUT2D eigenvalue weighted by Crippen LogP contribution is 2.49. The van der Waals surface area contributed by atoms with Crippen LogP contribution in [0.3, 0.4) is 0 Å². The Morgan fingerprint density at radius 2 is 1.95 bits per heavy atom. The van der Waals surface area contributed by atoms with E-state index in [0.29, 0.717) is 0 Å². The molecule has 19 heavy (non-hydrogen) atoms. The summed E-state index contributed by atoms with van der Waals surface area (Å²) in [6, 6.07) is 8.44. The number of rotatable bonds is 1. The summed E-state index contributed by atoms with van der Waals surface area (Å²) >= 11 is 0. The van der Waals surface area contributed by atoms with Crippen molar-refractivity contribution in [1.82, 2.24) is 9.55 Å². The van der Waals surface area contributed by atoms with Gasteiger partial charge in [0.25, 0.3) is 0 Å². The Morgan fingerprint density at radius 1 is 1.26 bits per heavy atom. The minimum absolute atomic E-state index is 0.000764. The standard InChI is InChI=1S/C16H20N2O/c1-11-9-17-10-18(11)15-13-7-5-4-6-12(13)14(19)8-16(15,2)3/h4-7,9-10,14-15,19H,8H2,1-3H3. The van der Waals surface area contributed by atoms with Gasteiger partial charge in [-0.15, -0.1) is 0 Å². The second-order valence-corrected chi connectivity index (χ2v) is 6.18. The van der Waals surface area contributed by atoms with E-state index in [-0.39, 0.29) is 17.6 Å². The van der Waals surface area contributed by atoms with Crippen LogP contribution in [0.2, 0.25) is 0 Å². The quantitative estimate of drug-likeness (QED) is 0.850. The van der Waals surface area contributed by atoms with Gasteiger partial charge in [0.1, 0.15) is 0 Å². The topological polar surface area (TPSA) is 38.0 Å². The fourth-order valence-electron chi connectivity index (χ4n) is 3.37. The highest BCUT2D eigenvalue weighted by Gasteiger charge is 2.41. The van der Waals surface area contributed by atoms with E-state index in [2.05, 4.69) is 36.4 Å². The van der Waals surface area contributed by atoms with Crippen LogP contribution in [-0.2, 0) is 0 Å². The third-order valence-corrected chi connectivity index (χ3v) is 4.25. The van der Waals surface area contributed by atoms with Gasteiger partial charge in [-0.1, -0.05) is 38.1 Å². The largest absolute Gasteiger partial charge is 0.388 e. The zero-order chi connectivity index (χ0) is 13.6. The van der Waals surface area contributed by atoms with Crippen LogP contribution in [0.25, 0.3) is 0 Å². The van der Waals surface area contributed by atoms with Crippen LogP contribution in [0.5, 0.6) is 0 Å². The molecular formula is C16H20N2O. The highest BCUT2D eigenvalue weighted by atomic mass is 16.3. The third kappa shape index (κ3) is 1.89. The molecule has 2 atom stereocenters. The molecule has 1 aliphatic rings. The van der Waals surface area contributed by atoms with Crippen molar-refractivity contribution < 1.29 is 5.11 Å². The van der Waals surface area contributed by atoms with Gasteiger partial charge in [-0.05, 0) is 29.9 Å². The van der Waals surface area contributed by atoms with Crippen molar-refractivity contribution in [2.24, 2.45) is 5.41 Å². The molecule has 0 radical (unpaired) electrons. The van der Waals surface area contributed by atoms with Gasteiger partial charge in [-0.2, -0.15) is 0 Å². The summed E-state index contributed by atoms with van der Waals surface area (Å²) in [5, 5.41) is 10.4. The lowest BCUT2D eigenvalue weighted by Gasteiger charge is -2.43. The van der Waals surface area contributed by atoms with E-state index in [1.54, 1.807) is 0 Å². The molecule has 1 heterocycles. The molecule has 3 heteroatoms. The lowest BCUT2D eigenvalue weighted by atomic mass is 9.69. The molecule has 3 nitrogen and oxygen atoms in total. The summed E-state index contributed by atoms with van der Waals surface area (Å²) in [5.41, 5.74) is 3.43. The molecule has 0 saturated carbocycles. The number of aromatic nitrogens is 2. The van der Waals surface area contributed by atoms with Gasteiger partial charge in [-0.3, -0.25) is 0 Å². The molecule has 0 amide bonds. The summed E-state index contributed by atoms with van der Waals surface area (Å²) in [6.07, 6.45) is 4.19. The number of aryl methyl sites for hydroxylation is 1. The first kappa shape index (κ1) is 12.4. The Balaban J connectivity index is 2.21. The summed E-state index contributed by atoms with van der Waals surface area (Å²) < 4.78 is 2.23. The van der Waals surface area contributed by atoms with Crippen LogP contribution in [0.1, 0.15) is 49.2 Å². The molecule has 0 bridgehead atoms. The van der Waals surface area contributed by atoms with Gasteiger partial charge in [0.2, 0.25) is 0 Å². The maximum atomic E-state index is 10.4. The van der Waals surface area contributed by atoms with E-state index < -0.39 is 0 Å². The van der Waals surface area contributed by atoms with Crippen LogP contribution in [0.15, 0.2) is 36.8 Å². The smallest absolute Gasteiger partial charge is 0.0954 e. The lowest BCUT2D eigenvalue weighted by Crippen LogP contribution is -2.35. The van der Waals surface area contributed by atoms with Crippen molar-refractivity contribution in [2.75, 3.05) is 0 Å². The first-order valence-corrected chi connectivity index (χ1v) is 6.76. The predicted molar refractivity (Wildman–Crippen MR) is 74.9 cm³/mol. The number of aliphatic hydroxyl groups is 1. The van der Waals surface area contributed by atoms with Crippen molar-refractivity contribution in [1.29, 1.82) is 0 Å². The number of hydrogen-bond donors (Lipinski definition) is 1. The van der Waals surface area contributed by atoms with Crippen molar-refractivity contribution in [3.05, 3.63) is 53.6 Å². The first-order chi connectivity index (χ1) is 9.00. The van der Waals surface area contributed by atoms with Crippen LogP contribution in [-0.4, -0.2) is 14.7 Å². The Kier molecular flexibility index (Phi) is 2.75. The number of benzene rings is 1. The van der Waals surface area contributed by atoms with Gasteiger partial charge in [0, 0.05) is 11.9 Å². The molecule has 2 unspecified atom stereocenters. The minimum Gasteiger partial charge on any atom is -0.388 e. The molecule has 1 aliphatic carbocycles. The average Bonchev–Trinajstić information content (AvgIpc) is 2.75. The van der Waals surface area contributed by atoms with E-state index in [9.17, 15) is 5.11 Å². The van der Waals surface area contributed by atoms with Crippen molar-refractivity contribution in [3.8, 4) is 0 Å². The number of imidazole rings is 1. The van der Waals surface area contributed by atoms with E-state index in [0.717, 1.165) is 17.7 Å². The SMILES string of the molecule is Cc1cncn1C1c2ccccc2C(O)CC1(C)C. The molecule has 1 aromatic heterocycles. The van der Waals surface area contributed by atoms with Crippen molar-refractivity contribution in [3.63, 3.8) is 0 Å². The van der Waals surface area contributed by atoms with Crippen LogP contribution < -0.4 is 0 Å². The maximum absolute atomic E-state index is 10.4. The number of hydrogen-bond acceptors (Lipinski definition) is 2. The van der Waals surface area contributed by atoms with E-state index in [1.807, 2.05) is 30.7 Å². The summed E-state index contributed by atoms with van der Waals surface area (Å²) in [5.74, 6) is 0. The summed E-state index contributed by atoms with van der Waals surface area (Å²) in [7, 11) is 0. The third-order valence-electron chi connectivity index (χ3n) is 4.25. The molecule has 3 rings (SSSR count). The number of fused-ring (bicyclic) bond motifs is 1. The van der Waals surface area contributed by atoms with E-state index in [1.165, 1.54) is 5.56 Å². The molecule has 0 fully saturated rings. The van der Waals surface area contributed by atoms with E-state index in [4.69, 9.17) is 0 Å². The molecule has 100 valence electrons. The summed E-state index contributed by atoms with van der Waals surface area (Å²) in [4.78, 5) is 4.25. The molecule has 1 N–H and O–H groups in total. The molecule has 0 aliphatic heterocycles. The van der Waals surface area contributed by atoms with Gasteiger partial charge in [-0.25, -0.2) is 4.98 Å². The Labute approximate surface area is 113 Å². The van der Waals surface area contributed by atoms with Gasteiger partial charge >= 0.3 is 0 Å². The van der Waals surface area contributed by atoms with Crippen molar-refractivity contribution in [2.45, 2.75) is 39.3 Å². The lowest BCUT2D eigenvalue weighted by molar-refractivity contribution is 0.0724. The molecular weight excluding hydrogens is 236 g/mol. The second-order valence-electron chi connectivity index (χ2n) is 6.18. The number of aliphatic hydroxyl groups excluding tert-OH is 1.